The van der Waals surface area contributed by atoms with Crippen LogP contribution in [0.5, 0.6) is 0 Å². The van der Waals surface area contributed by atoms with Gasteiger partial charge in [-0.05, 0) is 54.7 Å². The molecule has 4 rings (SSSR count). The summed E-state index contributed by atoms with van der Waals surface area (Å²) in [5, 5.41) is 8.43. The fourth-order valence-corrected chi connectivity index (χ4v) is 5.82. The fraction of sp³-hybridized carbons (Fsp3) is 0.375. The summed E-state index contributed by atoms with van der Waals surface area (Å²) in [6, 6.07) is 11.6. The normalized spacial score (nSPS) is 26.9. The van der Waals surface area contributed by atoms with Gasteiger partial charge in [0.1, 0.15) is 0 Å². The lowest BCUT2D eigenvalue weighted by molar-refractivity contribution is -0.130. The minimum absolute atomic E-state index is 0.0780. The molecule has 0 saturated heterocycles. The standard InChI is InChI=1S/C24H23Cl3N2O3/c1-22(2)23(3)9-10-24(22,21(31)28-16-6-4-5-14(25)11-16)13-19(23)29-32-20(30)17-8-7-15(26)12-18(17)27/h4-8,11-12H,9-10,13H2,1-3H3,(H,28,31)/b29-19+. The summed E-state index contributed by atoms with van der Waals surface area (Å²) >= 11 is 18.1. The van der Waals surface area contributed by atoms with Crippen molar-refractivity contribution in [1.29, 1.82) is 0 Å². The molecule has 0 spiro atoms. The molecule has 8 heteroatoms. The lowest BCUT2D eigenvalue weighted by Crippen LogP contribution is -2.43. The zero-order valence-electron chi connectivity index (χ0n) is 18.0. The van der Waals surface area contributed by atoms with E-state index in [0.717, 1.165) is 12.8 Å². The highest BCUT2D eigenvalue weighted by Crippen LogP contribution is 2.71. The summed E-state index contributed by atoms with van der Waals surface area (Å²) in [7, 11) is 0. The molecule has 2 fully saturated rings. The number of halogens is 3. The van der Waals surface area contributed by atoms with Crippen molar-refractivity contribution in [3.63, 3.8) is 0 Å². The van der Waals surface area contributed by atoms with Gasteiger partial charge in [-0.2, -0.15) is 0 Å². The first-order valence-electron chi connectivity index (χ1n) is 10.3. The molecule has 2 aromatic carbocycles. The van der Waals surface area contributed by atoms with Crippen molar-refractivity contribution in [1.82, 2.24) is 0 Å². The number of hydrogen-bond donors (Lipinski definition) is 1. The Morgan fingerprint density at radius 3 is 2.41 bits per heavy atom. The van der Waals surface area contributed by atoms with Gasteiger partial charge in [0.2, 0.25) is 5.91 Å². The highest BCUT2D eigenvalue weighted by Gasteiger charge is 2.71. The minimum atomic E-state index is -0.673. The van der Waals surface area contributed by atoms with E-state index in [4.69, 9.17) is 39.6 Å². The molecule has 1 N–H and O–H groups in total. The van der Waals surface area contributed by atoms with Crippen molar-refractivity contribution in [2.45, 2.75) is 40.0 Å². The van der Waals surface area contributed by atoms with Gasteiger partial charge in [0, 0.05) is 27.6 Å². The second-order valence-electron chi connectivity index (χ2n) is 9.22. The molecule has 2 bridgehead atoms. The van der Waals surface area contributed by atoms with Gasteiger partial charge in [-0.25, -0.2) is 4.79 Å². The van der Waals surface area contributed by atoms with Gasteiger partial charge in [-0.3, -0.25) is 4.79 Å². The lowest BCUT2D eigenvalue weighted by atomic mass is 9.64. The van der Waals surface area contributed by atoms with Crippen LogP contribution in [0.1, 0.15) is 50.4 Å². The van der Waals surface area contributed by atoms with E-state index in [1.807, 2.05) is 6.07 Å². The number of nitrogens with one attached hydrogen (secondary N) is 1. The van der Waals surface area contributed by atoms with Crippen molar-refractivity contribution in [2.75, 3.05) is 5.32 Å². The van der Waals surface area contributed by atoms with Crippen molar-refractivity contribution in [2.24, 2.45) is 21.4 Å². The Labute approximate surface area is 202 Å². The molecule has 2 atom stereocenters. The highest BCUT2D eigenvalue weighted by molar-refractivity contribution is 6.36. The molecule has 2 unspecified atom stereocenters. The first-order chi connectivity index (χ1) is 15.0. The van der Waals surface area contributed by atoms with Gasteiger partial charge in [0.25, 0.3) is 0 Å². The molecular weight excluding hydrogens is 471 g/mol. The number of oxime groups is 1. The SMILES string of the molecule is CC12CCC(C(=O)Nc3cccc(Cl)c3)(C/C1=N\OC(=O)c1ccc(Cl)cc1Cl)C2(C)C. The summed E-state index contributed by atoms with van der Waals surface area (Å²) in [5.74, 6) is -0.744. The number of amides is 1. The van der Waals surface area contributed by atoms with E-state index in [1.165, 1.54) is 12.1 Å². The van der Waals surface area contributed by atoms with Crippen LogP contribution in [-0.4, -0.2) is 17.6 Å². The van der Waals surface area contributed by atoms with Gasteiger partial charge in [-0.1, -0.05) is 66.8 Å². The summed E-state index contributed by atoms with van der Waals surface area (Å²) in [6.07, 6.45) is 1.89. The monoisotopic (exact) mass is 492 g/mol. The maximum absolute atomic E-state index is 13.5. The molecule has 0 heterocycles. The predicted octanol–water partition coefficient (Wildman–Crippen LogP) is 7.01. The number of benzene rings is 2. The number of fused-ring (bicyclic) bond motifs is 2. The average Bonchev–Trinajstić information content (AvgIpc) is 3.02. The lowest BCUT2D eigenvalue weighted by Gasteiger charge is -2.39. The predicted molar refractivity (Wildman–Crippen MR) is 128 cm³/mol. The van der Waals surface area contributed by atoms with Gasteiger partial charge >= 0.3 is 5.97 Å². The van der Waals surface area contributed by atoms with E-state index >= 15 is 0 Å². The number of hydrogen-bond acceptors (Lipinski definition) is 4. The summed E-state index contributed by atoms with van der Waals surface area (Å²) in [4.78, 5) is 31.3. The van der Waals surface area contributed by atoms with Crippen molar-refractivity contribution in [3.05, 3.63) is 63.1 Å². The molecule has 1 amide bonds. The Morgan fingerprint density at radius 1 is 1.00 bits per heavy atom. The Balaban J connectivity index is 1.59. The third-order valence-corrected chi connectivity index (χ3v) is 8.42. The topological polar surface area (TPSA) is 67.8 Å². The van der Waals surface area contributed by atoms with Gasteiger partial charge in [0.05, 0.1) is 21.7 Å². The molecule has 2 saturated carbocycles. The molecular formula is C24H23Cl3N2O3. The zero-order chi connectivity index (χ0) is 23.3. The zero-order valence-corrected chi connectivity index (χ0v) is 20.2. The molecule has 0 radical (unpaired) electrons. The van der Waals surface area contributed by atoms with E-state index in [1.54, 1.807) is 24.3 Å². The van der Waals surface area contributed by atoms with Crippen molar-refractivity contribution < 1.29 is 14.4 Å². The molecule has 0 aliphatic heterocycles. The molecule has 2 aliphatic rings. The van der Waals surface area contributed by atoms with E-state index in [9.17, 15) is 9.59 Å². The molecule has 32 heavy (non-hydrogen) atoms. The largest absolute Gasteiger partial charge is 0.367 e. The van der Waals surface area contributed by atoms with Crippen LogP contribution in [0.2, 0.25) is 15.1 Å². The van der Waals surface area contributed by atoms with Gasteiger partial charge < -0.3 is 10.2 Å². The minimum Gasteiger partial charge on any atom is -0.326 e. The van der Waals surface area contributed by atoms with E-state index in [-0.39, 0.29) is 21.9 Å². The molecule has 0 aromatic heterocycles. The van der Waals surface area contributed by atoms with Crippen LogP contribution >= 0.6 is 34.8 Å². The van der Waals surface area contributed by atoms with E-state index in [0.29, 0.717) is 27.9 Å². The molecule has 168 valence electrons. The Bertz CT molecular complexity index is 1150. The van der Waals surface area contributed by atoms with Crippen LogP contribution in [0.3, 0.4) is 0 Å². The third kappa shape index (κ3) is 3.51. The Kier molecular flexibility index (Phi) is 5.81. The molecule has 2 aromatic rings. The summed E-state index contributed by atoms with van der Waals surface area (Å²) < 4.78 is 0. The smallest absolute Gasteiger partial charge is 0.326 e. The van der Waals surface area contributed by atoms with Crippen LogP contribution in [0.25, 0.3) is 0 Å². The highest BCUT2D eigenvalue weighted by atomic mass is 35.5. The summed E-state index contributed by atoms with van der Waals surface area (Å²) in [6.45, 7) is 6.24. The van der Waals surface area contributed by atoms with Crippen molar-refractivity contribution >= 4 is 58.1 Å². The van der Waals surface area contributed by atoms with Crippen LogP contribution in [0.15, 0.2) is 47.6 Å². The Morgan fingerprint density at radius 2 is 1.72 bits per heavy atom. The van der Waals surface area contributed by atoms with Gasteiger partial charge in [0.15, 0.2) is 0 Å². The number of nitrogens with zero attached hydrogens (tertiary/aromatic N) is 1. The van der Waals surface area contributed by atoms with Crippen LogP contribution in [-0.2, 0) is 9.63 Å². The maximum Gasteiger partial charge on any atom is 0.367 e. The number of anilines is 1. The molecule has 5 nitrogen and oxygen atoms in total. The first kappa shape index (κ1) is 23.1. The van der Waals surface area contributed by atoms with Crippen LogP contribution in [0, 0.1) is 16.2 Å². The second kappa shape index (κ2) is 8.05. The maximum atomic E-state index is 13.5. The quantitative estimate of drug-likeness (QED) is 0.368. The van der Waals surface area contributed by atoms with Crippen LogP contribution in [0.4, 0.5) is 5.69 Å². The second-order valence-corrected chi connectivity index (χ2v) is 10.5. The van der Waals surface area contributed by atoms with Crippen LogP contribution < -0.4 is 5.32 Å². The average molecular weight is 494 g/mol. The number of carbonyl (C=O) groups excluding carboxylic acids is 2. The first-order valence-corrected chi connectivity index (χ1v) is 11.4. The number of rotatable bonds is 4. The van der Waals surface area contributed by atoms with E-state index in [2.05, 4.69) is 31.2 Å². The Hall–Kier alpha value is -2.08. The van der Waals surface area contributed by atoms with Crippen molar-refractivity contribution in [3.8, 4) is 0 Å². The third-order valence-electron chi connectivity index (χ3n) is 7.64. The fourth-order valence-electron chi connectivity index (χ4n) is 5.14. The molecule has 2 aliphatic carbocycles. The van der Waals surface area contributed by atoms with E-state index < -0.39 is 16.8 Å². The summed E-state index contributed by atoms with van der Waals surface area (Å²) in [5.41, 5.74) is 0.0761. The van der Waals surface area contributed by atoms with Gasteiger partial charge in [-0.15, -0.1) is 0 Å². The number of carbonyl (C=O) groups is 2.